The van der Waals surface area contributed by atoms with Crippen LogP contribution in [0.1, 0.15) is 39.8 Å². The van der Waals surface area contributed by atoms with Crippen molar-refractivity contribution < 1.29 is 22.8 Å². The lowest BCUT2D eigenvalue weighted by Gasteiger charge is -2.34. The zero-order chi connectivity index (χ0) is 21.3. The van der Waals surface area contributed by atoms with E-state index in [-0.39, 0.29) is 23.6 Å². The molecule has 0 saturated carbocycles. The SMILES string of the molecule is CN(SC1CCN(S(C)(=O)=O)C1)C(C)(C)C(=O)Nc1cc(C(C)(C)CO)no1. The summed E-state index contributed by atoms with van der Waals surface area (Å²) in [6, 6.07) is 1.61. The lowest BCUT2D eigenvalue weighted by molar-refractivity contribution is -0.123. The van der Waals surface area contributed by atoms with Crippen molar-refractivity contribution >= 4 is 33.8 Å². The molecule has 0 bridgehead atoms. The fourth-order valence-corrected chi connectivity index (χ4v) is 4.82. The molecule has 1 fully saturated rings. The van der Waals surface area contributed by atoms with Crippen molar-refractivity contribution in [2.75, 3.05) is 38.3 Å². The predicted octanol–water partition coefficient (Wildman–Crippen LogP) is 1.28. The van der Waals surface area contributed by atoms with Crippen LogP contribution in [0.15, 0.2) is 10.6 Å². The van der Waals surface area contributed by atoms with Gasteiger partial charge < -0.3 is 9.63 Å². The van der Waals surface area contributed by atoms with Crippen molar-refractivity contribution in [2.24, 2.45) is 0 Å². The average Bonchev–Trinajstić information content (AvgIpc) is 3.24. The first-order valence-corrected chi connectivity index (χ1v) is 11.7. The average molecular weight is 435 g/mol. The molecule has 160 valence electrons. The number of hydrogen-bond acceptors (Lipinski definition) is 8. The van der Waals surface area contributed by atoms with Crippen LogP contribution in [0, 0.1) is 0 Å². The van der Waals surface area contributed by atoms with Crippen LogP contribution in [0.5, 0.6) is 0 Å². The monoisotopic (exact) mass is 434 g/mol. The number of aliphatic hydroxyl groups excluding tert-OH is 1. The number of sulfonamides is 1. The molecule has 1 aliphatic heterocycles. The van der Waals surface area contributed by atoms with E-state index in [1.165, 1.54) is 22.5 Å². The summed E-state index contributed by atoms with van der Waals surface area (Å²) in [7, 11) is -1.38. The van der Waals surface area contributed by atoms with Crippen LogP contribution in [0.4, 0.5) is 5.88 Å². The molecular formula is C17H30N4O5S2. The highest BCUT2D eigenvalue weighted by molar-refractivity contribution is 7.97. The summed E-state index contributed by atoms with van der Waals surface area (Å²) in [5, 5.41) is 16.2. The van der Waals surface area contributed by atoms with E-state index >= 15 is 0 Å². The van der Waals surface area contributed by atoms with Crippen molar-refractivity contribution in [3.63, 3.8) is 0 Å². The van der Waals surface area contributed by atoms with Gasteiger partial charge in [-0.15, -0.1) is 0 Å². The lowest BCUT2D eigenvalue weighted by atomic mass is 9.91. The molecular weight excluding hydrogens is 404 g/mol. The number of aliphatic hydroxyl groups is 1. The molecule has 1 aliphatic rings. The van der Waals surface area contributed by atoms with Crippen LogP contribution in [0.3, 0.4) is 0 Å². The summed E-state index contributed by atoms with van der Waals surface area (Å²) in [6.45, 7) is 8.06. The molecule has 1 unspecified atom stereocenters. The first-order chi connectivity index (χ1) is 12.8. The van der Waals surface area contributed by atoms with Crippen LogP contribution in [0.2, 0.25) is 0 Å². The molecule has 1 atom stereocenters. The highest BCUT2D eigenvalue weighted by Gasteiger charge is 2.37. The number of likely N-dealkylation sites (N-methyl/N-ethyl adjacent to an activating group) is 1. The molecule has 0 aromatic carbocycles. The molecule has 2 rings (SSSR count). The Hall–Kier alpha value is -1.14. The fourth-order valence-electron chi connectivity index (χ4n) is 2.58. The Bertz CT molecular complexity index is 806. The number of anilines is 1. The van der Waals surface area contributed by atoms with Gasteiger partial charge in [0.1, 0.15) is 5.54 Å². The van der Waals surface area contributed by atoms with Gasteiger partial charge in [-0.1, -0.05) is 31.0 Å². The highest BCUT2D eigenvalue weighted by atomic mass is 32.2. The number of aromatic nitrogens is 1. The molecule has 0 radical (unpaired) electrons. The van der Waals surface area contributed by atoms with E-state index in [9.17, 15) is 18.3 Å². The standard InChI is InChI=1S/C17H30N4O5S2/c1-16(2,11-22)13-9-14(26-19-13)18-15(23)17(3,4)20(5)27-12-7-8-21(10-12)28(6,24)25/h9,12,22H,7-8,10-11H2,1-6H3,(H,18,23). The van der Waals surface area contributed by atoms with Gasteiger partial charge in [0.25, 0.3) is 0 Å². The molecule has 11 heteroatoms. The normalized spacial score (nSPS) is 19.4. The topological polar surface area (TPSA) is 116 Å². The van der Waals surface area contributed by atoms with Crippen LogP contribution in [0.25, 0.3) is 0 Å². The van der Waals surface area contributed by atoms with Crippen molar-refractivity contribution in [1.82, 2.24) is 13.8 Å². The first kappa shape index (κ1) is 23.1. The zero-order valence-corrected chi connectivity index (χ0v) is 18.9. The zero-order valence-electron chi connectivity index (χ0n) is 17.2. The number of rotatable bonds is 8. The molecule has 2 N–H and O–H groups in total. The minimum atomic E-state index is -3.19. The number of nitrogens with one attached hydrogen (secondary N) is 1. The van der Waals surface area contributed by atoms with E-state index in [2.05, 4.69) is 10.5 Å². The lowest BCUT2D eigenvalue weighted by Crippen LogP contribution is -2.48. The van der Waals surface area contributed by atoms with Crippen LogP contribution < -0.4 is 5.32 Å². The van der Waals surface area contributed by atoms with Crippen molar-refractivity contribution in [3.8, 4) is 0 Å². The Kier molecular flexibility index (Phi) is 6.87. The second kappa shape index (κ2) is 8.31. The predicted molar refractivity (Wildman–Crippen MR) is 109 cm³/mol. The molecule has 1 amide bonds. The smallest absolute Gasteiger partial charge is 0.247 e. The molecule has 2 heterocycles. The van der Waals surface area contributed by atoms with Crippen LogP contribution in [-0.4, -0.2) is 77.0 Å². The third-order valence-electron chi connectivity index (χ3n) is 5.06. The fraction of sp³-hybridized carbons (Fsp3) is 0.765. The molecule has 0 aliphatic carbocycles. The highest BCUT2D eigenvalue weighted by Crippen LogP contribution is 2.32. The first-order valence-electron chi connectivity index (χ1n) is 9.02. The molecule has 0 spiro atoms. The second-order valence-corrected chi connectivity index (χ2v) is 11.7. The number of hydrogen-bond donors (Lipinski definition) is 2. The van der Waals surface area contributed by atoms with Gasteiger partial charge in [0.15, 0.2) is 0 Å². The Balaban J connectivity index is 1.98. The quantitative estimate of drug-likeness (QED) is 0.588. The summed E-state index contributed by atoms with van der Waals surface area (Å²) >= 11 is 1.47. The van der Waals surface area contributed by atoms with Gasteiger partial charge in [-0.3, -0.25) is 10.1 Å². The number of carbonyl (C=O) groups is 1. The third-order valence-corrected chi connectivity index (χ3v) is 7.79. The molecule has 1 aromatic heterocycles. The van der Waals surface area contributed by atoms with E-state index in [0.29, 0.717) is 18.8 Å². The van der Waals surface area contributed by atoms with Crippen molar-refractivity contribution in [1.29, 1.82) is 0 Å². The van der Waals surface area contributed by atoms with Crippen LogP contribution in [-0.2, 0) is 20.2 Å². The molecule has 9 nitrogen and oxygen atoms in total. The number of carbonyl (C=O) groups excluding carboxylic acids is 1. The Morgan fingerprint density at radius 3 is 2.64 bits per heavy atom. The van der Waals surface area contributed by atoms with Crippen molar-refractivity contribution in [2.45, 2.75) is 50.3 Å². The van der Waals surface area contributed by atoms with Gasteiger partial charge >= 0.3 is 0 Å². The van der Waals surface area contributed by atoms with E-state index in [1.807, 2.05) is 25.2 Å². The summed E-state index contributed by atoms with van der Waals surface area (Å²) in [5.41, 5.74) is -0.886. The van der Waals surface area contributed by atoms with E-state index in [0.717, 1.165) is 6.42 Å². The summed E-state index contributed by atoms with van der Waals surface area (Å²) in [6.07, 6.45) is 1.95. The van der Waals surface area contributed by atoms with Crippen molar-refractivity contribution in [3.05, 3.63) is 11.8 Å². The number of amides is 1. The Morgan fingerprint density at radius 1 is 1.46 bits per heavy atom. The minimum Gasteiger partial charge on any atom is -0.395 e. The maximum Gasteiger partial charge on any atom is 0.247 e. The summed E-state index contributed by atoms with van der Waals surface area (Å²) < 4.78 is 31.8. The Morgan fingerprint density at radius 2 is 2.11 bits per heavy atom. The van der Waals surface area contributed by atoms with Crippen LogP contribution >= 0.6 is 11.9 Å². The van der Waals surface area contributed by atoms with E-state index < -0.39 is 21.0 Å². The maximum atomic E-state index is 12.8. The molecule has 1 aromatic rings. The third kappa shape index (κ3) is 5.26. The number of nitrogens with zero attached hydrogens (tertiary/aromatic N) is 3. The Labute approximate surface area is 171 Å². The largest absolute Gasteiger partial charge is 0.395 e. The summed E-state index contributed by atoms with van der Waals surface area (Å²) in [4.78, 5) is 12.8. The van der Waals surface area contributed by atoms with Gasteiger partial charge in [-0.05, 0) is 27.3 Å². The van der Waals surface area contributed by atoms with E-state index in [1.54, 1.807) is 19.9 Å². The molecule has 1 saturated heterocycles. The summed E-state index contributed by atoms with van der Waals surface area (Å²) in [5.74, 6) is -0.0536. The van der Waals surface area contributed by atoms with Gasteiger partial charge in [0.05, 0.1) is 18.6 Å². The molecule has 28 heavy (non-hydrogen) atoms. The van der Waals surface area contributed by atoms with Gasteiger partial charge in [0.2, 0.25) is 21.8 Å². The van der Waals surface area contributed by atoms with E-state index in [4.69, 9.17) is 4.52 Å². The second-order valence-electron chi connectivity index (χ2n) is 8.27. The van der Waals surface area contributed by atoms with Gasteiger partial charge in [0, 0.05) is 29.8 Å². The van der Waals surface area contributed by atoms with Gasteiger partial charge in [-0.25, -0.2) is 17.0 Å². The minimum absolute atomic E-state index is 0.0917. The van der Waals surface area contributed by atoms with Gasteiger partial charge in [-0.2, -0.15) is 0 Å². The maximum absolute atomic E-state index is 12.8.